The van der Waals surface area contributed by atoms with E-state index in [1.807, 2.05) is 38.1 Å². The standard InChI is InChI=1S/C16H21N3O2/c1-3-13(4-2)16(21)19-14-7-5-12(6-8-14)11-18-15(20)9-10-17/h5-8,13H,3-4,9,11H2,1-2H3,(H,18,20)(H,19,21). The molecule has 0 aliphatic rings. The van der Waals surface area contributed by atoms with E-state index in [4.69, 9.17) is 5.26 Å². The lowest BCUT2D eigenvalue weighted by molar-refractivity contribution is -0.121. The highest BCUT2D eigenvalue weighted by molar-refractivity contribution is 5.92. The highest BCUT2D eigenvalue weighted by Gasteiger charge is 2.13. The maximum atomic E-state index is 11.9. The molecule has 2 N–H and O–H groups in total. The Morgan fingerprint density at radius 2 is 1.81 bits per heavy atom. The van der Waals surface area contributed by atoms with E-state index in [0.717, 1.165) is 24.1 Å². The lowest BCUT2D eigenvalue weighted by atomic mass is 10.0. The first-order chi connectivity index (χ1) is 10.1. The van der Waals surface area contributed by atoms with Gasteiger partial charge in [-0.05, 0) is 30.5 Å². The van der Waals surface area contributed by atoms with Crippen LogP contribution < -0.4 is 10.6 Å². The molecule has 21 heavy (non-hydrogen) atoms. The number of hydrogen-bond acceptors (Lipinski definition) is 3. The van der Waals surface area contributed by atoms with Gasteiger partial charge < -0.3 is 10.6 Å². The molecule has 1 rings (SSSR count). The Kier molecular flexibility index (Phi) is 6.96. The Morgan fingerprint density at radius 3 is 2.33 bits per heavy atom. The van der Waals surface area contributed by atoms with Crippen LogP contribution >= 0.6 is 0 Å². The van der Waals surface area contributed by atoms with Crippen LogP contribution in [0.1, 0.15) is 38.7 Å². The van der Waals surface area contributed by atoms with Crippen LogP contribution in [0.2, 0.25) is 0 Å². The van der Waals surface area contributed by atoms with Gasteiger partial charge in [0, 0.05) is 18.2 Å². The van der Waals surface area contributed by atoms with Crippen molar-refractivity contribution in [2.24, 2.45) is 5.92 Å². The average Bonchev–Trinajstić information content (AvgIpc) is 2.48. The number of nitriles is 1. The van der Waals surface area contributed by atoms with Gasteiger partial charge in [-0.1, -0.05) is 26.0 Å². The summed E-state index contributed by atoms with van der Waals surface area (Å²) in [5, 5.41) is 13.9. The molecule has 0 bridgehead atoms. The minimum absolute atomic E-state index is 0.0370. The smallest absolute Gasteiger partial charge is 0.234 e. The Bertz CT molecular complexity index is 513. The van der Waals surface area contributed by atoms with Crippen molar-refractivity contribution in [3.05, 3.63) is 29.8 Å². The van der Waals surface area contributed by atoms with Gasteiger partial charge in [-0.3, -0.25) is 9.59 Å². The predicted molar refractivity (Wildman–Crippen MR) is 81.2 cm³/mol. The average molecular weight is 287 g/mol. The summed E-state index contributed by atoms with van der Waals surface area (Å²) in [7, 11) is 0. The molecule has 0 unspecified atom stereocenters. The van der Waals surface area contributed by atoms with Crippen LogP contribution in [0.3, 0.4) is 0 Å². The fourth-order valence-electron chi connectivity index (χ4n) is 1.94. The molecule has 2 amide bonds. The molecule has 0 atom stereocenters. The second kappa shape index (κ2) is 8.75. The topological polar surface area (TPSA) is 82.0 Å². The molecular formula is C16H21N3O2. The summed E-state index contributed by atoms with van der Waals surface area (Å²) in [4.78, 5) is 23.1. The number of nitrogens with one attached hydrogen (secondary N) is 2. The monoisotopic (exact) mass is 287 g/mol. The van der Waals surface area contributed by atoms with E-state index in [1.54, 1.807) is 6.07 Å². The van der Waals surface area contributed by atoms with Crippen molar-refractivity contribution in [3.63, 3.8) is 0 Å². The van der Waals surface area contributed by atoms with Gasteiger partial charge in [0.15, 0.2) is 0 Å². The fraction of sp³-hybridized carbons (Fsp3) is 0.438. The summed E-state index contributed by atoms with van der Waals surface area (Å²) >= 11 is 0. The molecule has 0 spiro atoms. The predicted octanol–water partition coefficient (Wildman–Crippen LogP) is 2.59. The van der Waals surface area contributed by atoms with Crippen LogP contribution in [0.4, 0.5) is 5.69 Å². The SMILES string of the molecule is CCC(CC)C(=O)Nc1ccc(CNC(=O)CC#N)cc1. The molecule has 0 saturated carbocycles. The number of hydrogen-bond donors (Lipinski definition) is 2. The number of carbonyl (C=O) groups excluding carboxylic acids is 2. The molecule has 1 aromatic rings. The molecule has 0 radical (unpaired) electrons. The molecule has 5 nitrogen and oxygen atoms in total. The first kappa shape index (κ1) is 16.7. The molecule has 1 aromatic carbocycles. The largest absolute Gasteiger partial charge is 0.351 e. The number of benzene rings is 1. The molecule has 0 aliphatic carbocycles. The molecule has 0 aromatic heterocycles. The van der Waals surface area contributed by atoms with Crippen LogP contribution in [-0.2, 0) is 16.1 Å². The molecule has 0 saturated heterocycles. The Hall–Kier alpha value is -2.35. The van der Waals surface area contributed by atoms with Gasteiger partial charge >= 0.3 is 0 Å². The molecule has 0 heterocycles. The quantitative estimate of drug-likeness (QED) is 0.808. The maximum absolute atomic E-state index is 11.9. The highest BCUT2D eigenvalue weighted by Crippen LogP contribution is 2.14. The van der Waals surface area contributed by atoms with Crippen molar-refractivity contribution >= 4 is 17.5 Å². The minimum Gasteiger partial charge on any atom is -0.351 e. The highest BCUT2D eigenvalue weighted by atomic mass is 16.2. The summed E-state index contributed by atoms with van der Waals surface area (Å²) in [6.07, 6.45) is 1.51. The van der Waals surface area contributed by atoms with E-state index in [2.05, 4.69) is 10.6 Å². The third kappa shape index (κ3) is 5.65. The van der Waals surface area contributed by atoms with Crippen LogP contribution in [0.25, 0.3) is 0 Å². The lowest BCUT2D eigenvalue weighted by Crippen LogP contribution is -2.22. The second-order valence-corrected chi connectivity index (χ2v) is 4.81. The summed E-state index contributed by atoms with van der Waals surface area (Å²) < 4.78 is 0. The summed E-state index contributed by atoms with van der Waals surface area (Å²) in [6, 6.07) is 9.10. The van der Waals surface area contributed by atoms with E-state index in [1.165, 1.54) is 0 Å². The number of anilines is 1. The molecule has 0 aliphatic heterocycles. The first-order valence-electron chi connectivity index (χ1n) is 7.14. The van der Waals surface area contributed by atoms with Gasteiger partial charge in [-0.25, -0.2) is 0 Å². The second-order valence-electron chi connectivity index (χ2n) is 4.81. The number of rotatable bonds is 7. The zero-order valence-electron chi connectivity index (χ0n) is 12.5. The molecule has 0 fully saturated rings. The van der Waals surface area contributed by atoms with E-state index in [-0.39, 0.29) is 24.2 Å². The molecule has 5 heteroatoms. The zero-order valence-corrected chi connectivity index (χ0v) is 12.5. The van der Waals surface area contributed by atoms with E-state index in [9.17, 15) is 9.59 Å². The van der Waals surface area contributed by atoms with Gasteiger partial charge in [-0.15, -0.1) is 0 Å². The third-order valence-corrected chi connectivity index (χ3v) is 3.31. The summed E-state index contributed by atoms with van der Waals surface area (Å²) in [5.41, 5.74) is 1.67. The number of amides is 2. The van der Waals surface area contributed by atoms with Gasteiger partial charge in [0.05, 0.1) is 6.07 Å². The first-order valence-corrected chi connectivity index (χ1v) is 7.14. The van der Waals surface area contributed by atoms with Crippen molar-refractivity contribution in [1.29, 1.82) is 5.26 Å². The Morgan fingerprint density at radius 1 is 1.19 bits per heavy atom. The van der Waals surface area contributed by atoms with Crippen LogP contribution in [0.5, 0.6) is 0 Å². The van der Waals surface area contributed by atoms with Crippen molar-refractivity contribution in [3.8, 4) is 6.07 Å². The fourth-order valence-corrected chi connectivity index (χ4v) is 1.94. The van der Waals surface area contributed by atoms with Crippen molar-refractivity contribution in [2.75, 3.05) is 5.32 Å². The Labute approximate surface area is 125 Å². The normalized spacial score (nSPS) is 10.0. The lowest BCUT2D eigenvalue weighted by Gasteiger charge is -2.13. The number of nitrogens with zero attached hydrogens (tertiary/aromatic N) is 1. The van der Waals surface area contributed by atoms with E-state index < -0.39 is 0 Å². The van der Waals surface area contributed by atoms with E-state index in [0.29, 0.717) is 6.54 Å². The maximum Gasteiger partial charge on any atom is 0.234 e. The van der Waals surface area contributed by atoms with Crippen LogP contribution in [0, 0.1) is 17.2 Å². The summed E-state index contributed by atoms with van der Waals surface area (Å²) in [6.45, 7) is 4.38. The van der Waals surface area contributed by atoms with Crippen molar-refractivity contribution in [2.45, 2.75) is 39.7 Å². The van der Waals surface area contributed by atoms with Crippen molar-refractivity contribution < 1.29 is 9.59 Å². The summed E-state index contributed by atoms with van der Waals surface area (Å²) in [5.74, 6) is -0.214. The van der Waals surface area contributed by atoms with Crippen LogP contribution in [0.15, 0.2) is 24.3 Å². The number of carbonyl (C=O) groups is 2. The van der Waals surface area contributed by atoms with Gasteiger partial charge in [-0.2, -0.15) is 5.26 Å². The van der Waals surface area contributed by atoms with Crippen molar-refractivity contribution in [1.82, 2.24) is 5.32 Å². The Balaban J connectivity index is 2.52. The molecule has 112 valence electrons. The molecular weight excluding hydrogens is 266 g/mol. The van der Waals surface area contributed by atoms with Crippen LogP contribution in [-0.4, -0.2) is 11.8 Å². The minimum atomic E-state index is -0.288. The third-order valence-electron chi connectivity index (χ3n) is 3.31. The van der Waals surface area contributed by atoms with Gasteiger partial charge in [0.1, 0.15) is 6.42 Å². The zero-order chi connectivity index (χ0) is 15.7. The van der Waals surface area contributed by atoms with Gasteiger partial charge in [0.2, 0.25) is 11.8 Å². The van der Waals surface area contributed by atoms with Gasteiger partial charge in [0.25, 0.3) is 0 Å². The van der Waals surface area contributed by atoms with E-state index >= 15 is 0 Å².